The van der Waals surface area contributed by atoms with Crippen molar-refractivity contribution in [2.75, 3.05) is 19.0 Å². The maximum absolute atomic E-state index is 11.8. The number of halogens is 1. The van der Waals surface area contributed by atoms with Crippen molar-refractivity contribution in [1.82, 2.24) is 0 Å². The summed E-state index contributed by atoms with van der Waals surface area (Å²) in [5, 5.41) is 0.710. The molecule has 0 unspecified atom stereocenters. The van der Waals surface area contributed by atoms with Crippen LogP contribution in [0.15, 0.2) is 72.8 Å². The fourth-order valence-corrected chi connectivity index (χ4v) is 2.13. The summed E-state index contributed by atoms with van der Waals surface area (Å²) in [5.74, 6) is -0.0487. The van der Waals surface area contributed by atoms with Crippen LogP contribution < -0.4 is 4.90 Å². The summed E-state index contributed by atoms with van der Waals surface area (Å²) in [6, 6.07) is 15.5. The van der Waals surface area contributed by atoms with Gasteiger partial charge in [0.15, 0.2) is 5.78 Å². The number of hydrogen-bond donors (Lipinski definition) is 0. The first-order valence-corrected chi connectivity index (χ1v) is 8.02. The third-order valence-corrected chi connectivity index (χ3v) is 3.63. The predicted octanol–water partition coefficient (Wildman–Crippen LogP) is 5.26. The molecule has 2 rings (SSSR count). The highest BCUT2D eigenvalue weighted by atomic mass is 35.5. The van der Waals surface area contributed by atoms with Crippen LogP contribution in [0.4, 0.5) is 5.69 Å². The van der Waals surface area contributed by atoms with Crippen molar-refractivity contribution in [2.45, 2.75) is 0 Å². The molecule has 0 saturated heterocycles. The second-order valence-corrected chi connectivity index (χ2v) is 5.93. The lowest BCUT2D eigenvalue weighted by molar-refractivity contribution is -0.110. The second-order valence-electron chi connectivity index (χ2n) is 5.49. The average molecular weight is 338 g/mol. The van der Waals surface area contributed by atoms with E-state index >= 15 is 0 Å². The molecular weight excluding hydrogens is 318 g/mol. The van der Waals surface area contributed by atoms with Crippen LogP contribution in [-0.4, -0.2) is 19.9 Å². The molecule has 0 spiro atoms. The van der Waals surface area contributed by atoms with Gasteiger partial charge in [-0.2, -0.15) is 0 Å². The SMILES string of the molecule is CN(C)c1ccc(/C=C/C(=O)/C=C/C=C/c2ccc(Cl)cc2)cc1. The number of ketones is 1. The van der Waals surface area contributed by atoms with Crippen molar-refractivity contribution >= 4 is 35.2 Å². The maximum atomic E-state index is 11.8. The average Bonchev–Trinajstić information content (AvgIpc) is 2.59. The van der Waals surface area contributed by atoms with Crippen LogP contribution in [0.25, 0.3) is 12.2 Å². The number of benzene rings is 2. The zero-order chi connectivity index (χ0) is 17.4. The van der Waals surface area contributed by atoms with E-state index in [1.54, 1.807) is 12.2 Å². The smallest absolute Gasteiger partial charge is 0.178 e. The van der Waals surface area contributed by atoms with E-state index in [0.717, 1.165) is 16.8 Å². The Hall–Kier alpha value is -2.58. The molecule has 0 amide bonds. The Morgan fingerprint density at radius 3 is 2.04 bits per heavy atom. The van der Waals surface area contributed by atoms with Crippen LogP contribution in [-0.2, 0) is 4.79 Å². The Morgan fingerprint density at radius 1 is 0.833 bits per heavy atom. The molecule has 2 aromatic carbocycles. The zero-order valence-corrected chi connectivity index (χ0v) is 14.6. The molecule has 24 heavy (non-hydrogen) atoms. The molecule has 122 valence electrons. The van der Waals surface area contributed by atoms with Gasteiger partial charge in [-0.05, 0) is 47.5 Å². The third kappa shape index (κ3) is 5.90. The molecule has 2 aromatic rings. The highest BCUT2D eigenvalue weighted by Crippen LogP contribution is 2.13. The minimum atomic E-state index is -0.0487. The molecule has 0 aliphatic carbocycles. The highest BCUT2D eigenvalue weighted by Gasteiger charge is 1.94. The molecular formula is C21H20ClNO. The summed E-state index contributed by atoms with van der Waals surface area (Å²) in [4.78, 5) is 13.9. The molecule has 0 saturated carbocycles. The van der Waals surface area contributed by atoms with E-state index in [4.69, 9.17) is 11.6 Å². The first-order valence-electron chi connectivity index (χ1n) is 7.64. The first kappa shape index (κ1) is 17.8. The number of carbonyl (C=O) groups excluding carboxylic acids is 1. The largest absolute Gasteiger partial charge is 0.378 e. The fourth-order valence-electron chi connectivity index (χ4n) is 2.01. The number of anilines is 1. The third-order valence-electron chi connectivity index (χ3n) is 3.38. The summed E-state index contributed by atoms with van der Waals surface area (Å²) in [6.45, 7) is 0. The Bertz CT molecular complexity index is 753. The molecule has 0 radical (unpaired) electrons. The van der Waals surface area contributed by atoms with E-state index in [1.807, 2.05) is 85.8 Å². The fraction of sp³-hybridized carbons (Fsp3) is 0.0952. The number of carbonyl (C=O) groups is 1. The molecule has 0 bridgehead atoms. The minimum Gasteiger partial charge on any atom is -0.378 e. The number of rotatable bonds is 6. The van der Waals surface area contributed by atoms with Crippen molar-refractivity contribution in [1.29, 1.82) is 0 Å². The van der Waals surface area contributed by atoms with Gasteiger partial charge in [0.05, 0.1) is 0 Å². The Morgan fingerprint density at radius 2 is 1.42 bits per heavy atom. The van der Waals surface area contributed by atoms with E-state index in [-0.39, 0.29) is 5.78 Å². The van der Waals surface area contributed by atoms with E-state index in [1.165, 1.54) is 6.08 Å². The van der Waals surface area contributed by atoms with Gasteiger partial charge >= 0.3 is 0 Å². The first-order chi connectivity index (χ1) is 11.5. The zero-order valence-electron chi connectivity index (χ0n) is 13.8. The van der Waals surface area contributed by atoms with E-state index in [2.05, 4.69) is 0 Å². The minimum absolute atomic E-state index is 0.0487. The topological polar surface area (TPSA) is 20.3 Å². The summed E-state index contributed by atoms with van der Waals surface area (Å²) >= 11 is 5.83. The van der Waals surface area contributed by atoms with Crippen molar-refractivity contribution in [3.8, 4) is 0 Å². The second kappa shape index (κ2) is 8.90. The van der Waals surface area contributed by atoms with Crippen LogP contribution in [0.1, 0.15) is 11.1 Å². The van der Waals surface area contributed by atoms with Crippen molar-refractivity contribution in [2.24, 2.45) is 0 Å². The molecule has 0 fully saturated rings. The van der Waals surface area contributed by atoms with Crippen LogP contribution >= 0.6 is 11.6 Å². The number of hydrogen-bond acceptors (Lipinski definition) is 2. The maximum Gasteiger partial charge on any atom is 0.178 e. The predicted molar refractivity (Wildman–Crippen MR) is 104 cm³/mol. The Balaban J connectivity index is 1.88. The van der Waals surface area contributed by atoms with Crippen LogP contribution in [0.2, 0.25) is 5.02 Å². The van der Waals surface area contributed by atoms with Crippen molar-refractivity contribution < 1.29 is 4.79 Å². The number of allylic oxidation sites excluding steroid dienone is 4. The molecule has 3 heteroatoms. The van der Waals surface area contributed by atoms with Gasteiger partial charge in [-0.15, -0.1) is 0 Å². The van der Waals surface area contributed by atoms with Crippen LogP contribution in [0, 0.1) is 0 Å². The quantitative estimate of drug-likeness (QED) is 0.529. The number of nitrogens with zero attached hydrogens (tertiary/aromatic N) is 1. The summed E-state index contributed by atoms with van der Waals surface area (Å²) in [7, 11) is 3.99. The molecule has 0 aliphatic heterocycles. The molecule has 0 aliphatic rings. The van der Waals surface area contributed by atoms with Crippen molar-refractivity contribution in [3.63, 3.8) is 0 Å². The lowest BCUT2D eigenvalue weighted by atomic mass is 10.1. The molecule has 0 N–H and O–H groups in total. The lowest BCUT2D eigenvalue weighted by Crippen LogP contribution is -2.07. The van der Waals surface area contributed by atoms with Gasteiger partial charge in [0, 0.05) is 24.8 Å². The van der Waals surface area contributed by atoms with E-state index in [9.17, 15) is 4.79 Å². The Labute approximate surface area is 148 Å². The van der Waals surface area contributed by atoms with Gasteiger partial charge in [-0.3, -0.25) is 4.79 Å². The van der Waals surface area contributed by atoms with Gasteiger partial charge in [-0.1, -0.05) is 60.2 Å². The molecule has 0 atom stereocenters. The normalized spacial score (nSPS) is 11.6. The molecule has 2 nitrogen and oxygen atoms in total. The Kier molecular flexibility index (Phi) is 6.59. The summed E-state index contributed by atoms with van der Waals surface area (Å²) in [6.07, 6.45) is 10.4. The standard InChI is InChI=1S/C21H20ClNO/c1-23(2)20-14-9-18(10-15-20)11-16-21(24)6-4-3-5-17-7-12-19(22)13-8-17/h3-16H,1-2H3/b5-3+,6-4+,16-11+. The van der Waals surface area contributed by atoms with E-state index in [0.29, 0.717) is 5.02 Å². The van der Waals surface area contributed by atoms with Crippen molar-refractivity contribution in [3.05, 3.63) is 89.0 Å². The van der Waals surface area contributed by atoms with Gasteiger partial charge < -0.3 is 4.90 Å². The summed E-state index contributed by atoms with van der Waals surface area (Å²) < 4.78 is 0. The van der Waals surface area contributed by atoms with Gasteiger partial charge in [-0.25, -0.2) is 0 Å². The molecule has 0 aromatic heterocycles. The highest BCUT2D eigenvalue weighted by molar-refractivity contribution is 6.30. The van der Waals surface area contributed by atoms with Gasteiger partial charge in [0.1, 0.15) is 0 Å². The lowest BCUT2D eigenvalue weighted by Gasteiger charge is -2.11. The van der Waals surface area contributed by atoms with Crippen LogP contribution in [0.5, 0.6) is 0 Å². The van der Waals surface area contributed by atoms with Crippen LogP contribution in [0.3, 0.4) is 0 Å². The monoisotopic (exact) mass is 337 g/mol. The van der Waals surface area contributed by atoms with Gasteiger partial charge in [0.25, 0.3) is 0 Å². The van der Waals surface area contributed by atoms with Gasteiger partial charge in [0.2, 0.25) is 0 Å². The molecule has 0 heterocycles. The van der Waals surface area contributed by atoms with E-state index < -0.39 is 0 Å². The summed E-state index contributed by atoms with van der Waals surface area (Å²) in [5.41, 5.74) is 3.16.